The maximum absolute atomic E-state index is 11.6. The zero-order valence-electron chi connectivity index (χ0n) is 12.2. The first kappa shape index (κ1) is 15.8. The molecule has 23 heavy (non-hydrogen) atoms. The predicted molar refractivity (Wildman–Crippen MR) is 87.0 cm³/mol. The summed E-state index contributed by atoms with van der Waals surface area (Å²) in [4.78, 5) is 25.2. The smallest absolute Gasteiger partial charge is 0.416 e. The van der Waals surface area contributed by atoms with Crippen LogP contribution in [-0.2, 0) is 4.74 Å². The van der Waals surface area contributed by atoms with E-state index >= 15 is 0 Å². The van der Waals surface area contributed by atoms with Crippen molar-refractivity contribution in [1.82, 2.24) is 15.0 Å². The number of benzene rings is 1. The van der Waals surface area contributed by atoms with Crippen molar-refractivity contribution < 1.29 is 9.53 Å². The zero-order chi connectivity index (χ0) is 16.4. The topological polar surface area (TPSA) is 80.2 Å². The van der Waals surface area contributed by atoms with E-state index in [0.29, 0.717) is 29.1 Å². The first-order valence-corrected chi connectivity index (χ1v) is 7.65. The Morgan fingerprint density at radius 1 is 1.30 bits per heavy atom. The minimum Gasteiger partial charge on any atom is -0.447 e. The number of carbonyl (C=O) groups excluding carboxylic acids is 1. The number of nitrogens with one attached hydrogen (secondary N) is 1. The van der Waals surface area contributed by atoms with Crippen LogP contribution in [0, 0.1) is 0 Å². The Kier molecular flexibility index (Phi) is 4.49. The number of anilines is 2. The fourth-order valence-corrected chi connectivity index (χ4v) is 2.43. The molecule has 120 valence electrons. The van der Waals surface area contributed by atoms with Crippen LogP contribution in [0.5, 0.6) is 0 Å². The van der Waals surface area contributed by atoms with Crippen LogP contribution in [0.25, 0.3) is 0 Å². The lowest BCUT2D eigenvalue weighted by Gasteiger charge is -2.16. The Bertz CT molecular complexity index is 743. The molecule has 2 aromatic rings. The molecule has 1 N–H and O–H groups in total. The maximum Gasteiger partial charge on any atom is 0.416 e. The van der Waals surface area contributed by atoms with Gasteiger partial charge in [-0.2, -0.15) is 4.98 Å². The summed E-state index contributed by atoms with van der Waals surface area (Å²) in [6.07, 6.45) is 0.886. The fourth-order valence-electron chi connectivity index (χ4n) is 2.12. The first-order chi connectivity index (χ1) is 11.0. The maximum atomic E-state index is 11.6. The third-order valence-electron chi connectivity index (χ3n) is 3.35. The third-order valence-corrected chi connectivity index (χ3v) is 4.09. The van der Waals surface area contributed by atoms with E-state index in [9.17, 15) is 4.79 Å². The standard InChI is InChI=1S/C14H13Cl2N5O2/c1-8(9-2-3-10(15)11(16)6-9)19-12-17-7-18-13(20-12)21-4-5-23-14(21)22/h2-3,6-8H,4-5H2,1H3,(H,17,18,19,20)/t8-/m0/s1. The summed E-state index contributed by atoms with van der Waals surface area (Å²) >= 11 is 11.9. The van der Waals surface area contributed by atoms with E-state index in [4.69, 9.17) is 27.9 Å². The predicted octanol–water partition coefficient (Wildman–Crippen LogP) is 3.31. The lowest BCUT2D eigenvalue weighted by Crippen LogP contribution is -2.26. The van der Waals surface area contributed by atoms with Crippen LogP contribution in [0.15, 0.2) is 24.5 Å². The Balaban J connectivity index is 1.77. The van der Waals surface area contributed by atoms with E-state index in [1.807, 2.05) is 13.0 Å². The molecule has 1 amide bonds. The molecule has 2 heterocycles. The van der Waals surface area contributed by atoms with E-state index in [1.54, 1.807) is 12.1 Å². The Morgan fingerprint density at radius 2 is 2.13 bits per heavy atom. The van der Waals surface area contributed by atoms with Gasteiger partial charge in [0.05, 0.1) is 22.6 Å². The van der Waals surface area contributed by atoms with Crippen molar-refractivity contribution in [2.24, 2.45) is 0 Å². The van der Waals surface area contributed by atoms with Crippen molar-refractivity contribution in [2.45, 2.75) is 13.0 Å². The van der Waals surface area contributed by atoms with Gasteiger partial charge in [0, 0.05) is 0 Å². The van der Waals surface area contributed by atoms with E-state index in [1.165, 1.54) is 11.2 Å². The van der Waals surface area contributed by atoms with E-state index in [2.05, 4.69) is 20.3 Å². The summed E-state index contributed by atoms with van der Waals surface area (Å²) in [6.45, 7) is 2.69. The number of cyclic esters (lactones) is 1. The summed E-state index contributed by atoms with van der Waals surface area (Å²) in [5.41, 5.74) is 0.932. The number of halogens is 2. The molecule has 1 aliphatic rings. The van der Waals surface area contributed by atoms with E-state index in [0.717, 1.165) is 5.56 Å². The number of carbonyl (C=O) groups is 1. The second kappa shape index (κ2) is 6.55. The van der Waals surface area contributed by atoms with Crippen molar-refractivity contribution in [3.05, 3.63) is 40.1 Å². The molecule has 9 heteroatoms. The average molecular weight is 354 g/mol. The van der Waals surface area contributed by atoms with Crippen LogP contribution in [0.4, 0.5) is 16.7 Å². The molecule has 3 rings (SSSR count). The normalized spacial score (nSPS) is 15.4. The van der Waals surface area contributed by atoms with Gasteiger partial charge in [-0.15, -0.1) is 0 Å². The Morgan fingerprint density at radius 3 is 2.83 bits per heavy atom. The van der Waals surface area contributed by atoms with Crippen LogP contribution in [0.1, 0.15) is 18.5 Å². The SMILES string of the molecule is C[C@H](Nc1ncnc(N2CCOC2=O)n1)c1ccc(Cl)c(Cl)c1. The molecule has 0 radical (unpaired) electrons. The average Bonchev–Trinajstić information content (AvgIpc) is 2.96. The van der Waals surface area contributed by atoms with Gasteiger partial charge in [-0.25, -0.2) is 19.7 Å². The van der Waals surface area contributed by atoms with Crippen LogP contribution in [0.2, 0.25) is 10.0 Å². The lowest BCUT2D eigenvalue weighted by molar-refractivity contribution is 0.181. The van der Waals surface area contributed by atoms with Gasteiger partial charge in [0.2, 0.25) is 11.9 Å². The fraction of sp³-hybridized carbons (Fsp3) is 0.286. The van der Waals surface area contributed by atoms with Crippen molar-refractivity contribution >= 4 is 41.2 Å². The van der Waals surface area contributed by atoms with Gasteiger partial charge in [-0.1, -0.05) is 29.3 Å². The zero-order valence-corrected chi connectivity index (χ0v) is 13.7. The molecule has 0 aliphatic carbocycles. The summed E-state index contributed by atoms with van der Waals surface area (Å²) in [6, 6.07) is 5.27. The minimum atomic E-state index is -0.459. The molecular formula is C14H13Cl2N5O2. The van der Waals surface area contributed by atoms with Crippen molar-refractivity contribution in [1.29, 1.82) is 0 Å². The van der Waals surface area contributed by atoms with Crippen molar-refractivity contribution in [3.63, 3.8) is 0 Å². The Hall–Kier alpha value is -2.12. The summed E-state index contributed by atoms with van der Waals surface area (Å²) < 4.78 is 4.87. The number of nitrogens with zero attached hydrogens (tertiary/aromatic N) is 4. The highest BCUT2D eigenvalue weighted by molar-refractivity contribution is 6.42. The molecule has 0 spiro atoms. The summed E-state index contributed by atoms with van der Waals surface area (Å²) in [7, 11) is 0. The molecule has 7 nitrogen and oxygen atoms in total. The van der Waals surface area contributed by atoms with Crippen LogP contribution < -0.4 is 10.2 Å². The highest BCUT2D eigenvalue weighted by Gasteiger charge is 2.26. The molecule has 1 fully saturated rings. The quantitative estimate of drug-likeness (QED) is 0.907. The lowest BCUT2D eigenvalue weighted by atomic mass is 10.1. The van der Waals surface area contributed by atoms with Crippen LogP contribution in [0.3, 0.4) is 0 Å². The molecule has 1 saturated heterocycles. The van der Waals surface area contributed by atoms with Gasteiger partial charge in [-0.05, 0) is 24.6 Å². The first-order valence-electron chi connectivity index (χ1n) is 6.89. The molecular weight excluding hydrogens is 341 g/mol. The number of amides is 1. The second-order valence-electron chi connectivity index (χ2n) is 4.91. The molecule has 0 unspecified atom stereocenters. The van der Waals surface area contributed by atoms with Gasteiger partial charge in [0.25, 0.3) is 0 Å². The third kappa shape index (κ3) is 3.46. The summed E-state index contributed by atoms with van der Waals surface area (Å²) in [5, 5.41) is 4.12. The van der Waals surface area contributed by atoms with E-state index < -0.39 is 6.09 Å². The molecule has 0 saturated carbocycles. The van der Waals surface area contributed by atoms with Gasteiger partial charge in [0.1, 0.15) is 12.9 Å². The number of hydrogen-bond acceptors (Lipinski definition) is 6. The Labute approximate surface area is 142 Å². The molecule has 1 atom stereocenters. The van der Waals surface area contributed by atoms with Gasteiger partial charge < -0.3 is 10.1 Å². The monoisotopic (exact) mass is 353 g/mol. The minimum absolute atomic E-state index is 0.106. The van der Waals surface area contributed by atoms with Gasteiger partial charge in [0.15, 0.2) is 0 Å². The highest BCUT2D eigenvalue weighted by Crippen LogP contribution is 2.27. The largest absolute Gasteiger partial charge is 0.447 e. The van der Waals surface area contributed by atoms with E-state index in [-0.39, 0.29) is 12.0 Å². The molecule has 1 aliphatic heterocycles. The number of aromatic nitrogens is 3. The number of hydrogen-bond donors (Lipinski definition) is 1. The molecule has 0 bridgehead atoms. The number of ether oxygens (including phenoxy) is 1. The molecule has 1 aromatic heterocycles. The second-order valence-corrected chi connectivity index (χ2v) is 5.73. The van der Waals surface area contributed by atoms with Gasteiger partial charge in [-0.3, -0.25) is 0 Å². The molecule has 1 aromatic carbocycles. The summed E-state index contributed by atoms with van der Waals surface area (Å²) in [5.74, 6) is 0.611. The van der Waals surface area contributed by atoms with Gasteiger partial charge >= 0.3 is 6.09 Å². The van der Waals surface area contributed by atoms with Crippen molar-refractivity contribution in [3.8, 4) is 0 Å². The van der Waals surface area contributed by atoms with Crippen LogP contribution >= 0.6 is 23.2 Å². The van der Waals surface area contributed by atoms with Crippen LogP contribution in [-0.4, -0.2) is 34.2 Å². The number of rotatable bonds is 4. The van der Waals surface area contributed by atoms with Crippen molar-refractivity contribution in [2.75, 3.05) is 23.4 Å². The highest BCUT2D eigenvalue weighted by atomic mass is 35.5.